The van der Waals surface area contributed by atoms with Gasteiger partial charge in [-0.05, 0) is 27.3 Å². The Kier molecular flexibility index (Phi) is 4.60. The van der Waals surface area contributed by atoms with Crippen LogP contribution in [0.2, 0.25) is 0 Å². The maximum atomic E-state index is 5.90. The van der Waals surface area contributed by atoms with Crippen LogP contribution in [0.5, 0.6) is 0 Å². The SMILES string of the molecule is CCNCc1cc(CN2CC(C)OC(C)(C)C2)on1. The molecule has 1 saturated heterocycles. The summed E-state index contributed by atoms with van der Waals surface area (Å²) in [6.45, 7) is 12.8. The van der Waals surface area contributed by atoms with E-state index in [1.807, 2.05) is 6.07 Å². The number of morpholine rings is 1. The van der Waals surface area contributed by atoms with Crippen molar-refractivity contribution in [3.05, 3.63) is 17.5 Å². The predicted molar refractivity (Wildman–Crippen MR) is 73.8 cm³/mol. The molecule has 1 unspecified atom stereocenters. The van der Waals surface area contributed by atoms with Gasteiger partial charge in [-0.1, -0.05) is 12.1 Å². The molecule has 1 aliphatic rings. The summed E-state index contributed by atoms with van der Waals surface area (Å²) in [4.78, 5) is 2.37. The highest BCUT2D eigenvalue weighted by Crippen LogP contribution is 2.22. The van der Waals surface area contributed by atoms with E-state index in [1.54, 1.807) is 0 Å². The zero-order valence-electron chi connectivity index (χ0n) is 12.4. The summed E-state index contributed by atoms with van der Waals surface area (Å²) in [7, 11) is 0. The van der Waals surface area contributed by atoms with Crippen LogP contribution in [0.25, 0.3) is 0 Å². The van der Waals surface area contributed by atoms with Gasteiger partial charge in [-0.25, -0.2) is 0 Å². The van der Waals surface area contributed by atoms with Crippen molar-refractivity contribution in [2.75, 3.05) is 19.6 Å². The first kappa shape index (κ1) is 14.5. The van der Waals surface area contributed by atoms with Gasteiger partial charge < -0.3 is 14.6 Å². The van der Waals surface area contributed by atoms with Gasteiger partial charge >= 0.3 is 0 Å². The maximum Gasteiger partial charge on any atom is 0.151 e. The predicted octanol–water partition coefficient (Wildman–Crippen LogP) is 1.78. The molecule has 108 valence electrons. The molecule has 5 nitrogen and oxygen atoms in total. The number of hydrogen-bond acceptors (Lipinski definition) is 5. The molecule has 0 aromatic carbocycles. The number of nitrogens with one attached hydrogen (secondary N) is 1. The Morgan fingerprint density at radius 1 is 1.53 bits per heavy atom. The van der Waals surface area contributed by atoms with Gasteiger partial charge in [0.1, 0.15) is 0 Å². The summed E-state index contributed by atoms with van der Waals surface area (Å²) in [6.07, 6.45) is 0.257. The van der Waals surface area contributed by atoms with Gasteiger partial charge in [0.25, 0.3) is 0 Å². The quantitative estimate of drug-likeness (QED) is 0.881. The maximum absolute atomic E-state index is 5.90. The minimum absolute atomic E-state index is 0.0930. The van der Waals surface area contributed by atoms with E-state index in [0.29, 0.717) is 0 Å². The highest BCUT2D eigenvalue weighted by molar-refractivity contribution is 5.05. The van der Waals surface area contributed by atoms with E-state index in [0.717, 1.165) is 44.2 Å². The summed E-state index contributed by atoms with van der Waals surface area (Å²) in [5.74, 6) is 0.929. The number of rotatable bonds is 5. The van der Waals surface area contributed by atoms with Crippen molar-refractivity contribution < 1.29 is 9.26 Å². The van der Waals surface area contributed by atoms with Crippen molar-refractivity contribution >= 4 is 0 Å². The zero-order valence-corrected chi connectivity index (χ0v) is 12.4. The molecular formula is C14H25N3O2. The molecule has 0 spiro atoms. The van der Waals surface area contributed by atoms with Crippen molar-refractivity contribution in [2.45, 2.75) is 52.5 Å². The van der Waals surface area contributed by atoms with Gasteiger partial charge in [0.2, 0.25) is 0 Å². The fourth-order valence-electron chi connectivity index (χ4n) is 2.69. The lowest BCUT2D eigenvalue weighted by atomic mass is 10.1. The van der Waals surface area contributed by atoms with Gasteiger partial charge in [-0.2, -0.15) is 0 Å². The highest BCUT2D eigenvalue weighted by Gasteiger charge is 2.31. The van der Waals surface area contributed by atoms with E-state index in [2.05, 4.69) is 43.1 Å². The zero-order chi connectivity index (χ0) is 13.9. The Hall–Kier alpha value is -0.910. The van der Waals surface area contributed by atoms with E-state index < -0.39 is 0 Å². The van der Waals surface area contributed by atoms with Gasteiger partial charge in [0, 0.05) is 25.7 Å². The Balaban J connectivity index is 1.91. The van der Waals surface area contributed by atoms with E-state index in [1.165, 1.54) is 0 Å². The van der Waals surface area contributed by atoms with Crippen LogP contribution in [0.15, 0.2) is 10.6 Å². The fraction of sp³-hybridized carbons (Fsp3) is 0.786. The first-order valence-corrected chi connectivity index (χ1v) is 7.04. The molecule has 5 heteroatoms. The van der Waals surface area contributed by atoms with E-state index in [9.17, 15) is 0 Å². The van der Waals surface area contributed by atoms with Gasteiger partial charge in [-0.3, -0.25) is 4.90 Å². The summed E-state index contributed by atoms with van der Waals surface area (Å²) in [6, 6.07) is 2.04. The lowest BCUT2D eigenvalue weighted by Crippen LogP contribution is -2.51. The van der Waals surface area contributed by atoms with Gasteiger partial charge in [0.05, 0.1) is 23.9 Å². The normalized spacial score (nSPS) is 23.7. The summed E-state index contributed by atoms with van der Waals surface area (Å²) < 4.78 is 11.3. The molecule has 1 atom stereocenters. The van der Waals surface area contributed by atoms with Crippen LogP contribution in [0.3, 0.4) is 0 Å². The van der Waals surface area contributed by atoms with Crippen molar-refractivity contribution in [1.29, 1.82) is 0 Å². The van der Waals surface area contributed by atoms with Crippen LogP contribution in [0.1, 0.15) is 39.1 Å². The largest absolute Gasteiger partial charge is 0.370 e. The number of hydrogen-bond donors (Lipinski definition) is 1. The molecule has 0 aliphatic carbocycles. The monoisotopic (exact) mass is 267 g/mol. The van der Waals surface area contributed by atoms with Crippen molar-refractivity contribution in [1.82, 2.24) is 15.4 Å². The second-order valence-electron chi connectivity index (χ2n) is 5.92. The third kappa shape index (κ3) is 4.30. The number of ether oxygens (including phenoxy) is 1. The molecule has 1 fully saturated rings. The third-order valence-electron chi connectivity index (χ3n) is 3.18. The van der Waals surface area contributed by atoms with Crippen molar-refractivity contribution in [2.24, 2.45) is 0 Å². The van der Waals surface area contributed by atoms with Gasteiger partial charge in [-0.15, -0.1) is 0 Å². The van der Waals surface area contributed by atoms with E-state index >= 15 is 0 Å². The van der Waals surface area contributed by atoms with E-state index in [4.69, 9.17) is 9.26 Å². The smallest absolute Gasteiger partial charge is 0.151 e. The van der Waals surface area contributed by atoms with Crippen LogP contribution in [0.4, 0.5) is 0 Å². The minimum atomic E-state index is -0.0930. The summed E-state index contributed by atoms with van der Waals surface area (Å²) in [5.41, 5.74) is 0.877. The molecule has 2 heterocycles. The van der Waals surface area contributed by atoms with Crippen LogP contribution < -0.4 is 5.32 Å². The molecular weight excluding hydrogens is 242 g/mol. The van der Waals surface area contributed by atoms with Crippen LogP contribution >= 0.6 is 0 Å². The Bertz CT molecular complexity index is 403. The Morgan fingerprint density at radius 3 is 3.00 bits per heavy atom. The molecule has 1 N–H and O–H groups in total. The number of nitrogens with zero attached hydrogens (tertiary/aromatic N) is 2. The molecule has 1 aromatic heterocycles. The molecule has 0 saturated carbocycles. The average Bonchev–Trinajstić information content (AvgIpc) is 2.71. The van der Waals surface area contributed by atoms with Gasteiger partial charge in [0.15, 0.2) is 5.76 Å². The Morgan fingerprint density at radius 2 is 2.32 bits per heavy atom. The number of aromatic nitrogens is 1. The molecule has 2 rings (SSSR count). The van der Waals surface area contributed by atoms with Crippen LogP contribution in [-0.2, 0) is 17.8 Å². The molecule has 0 bridgehead atoms. The molecule has 0 radical (unpaired) electrons. The Labute approximate surface area is 115 Å². The summed E-state index contributed by atoms with van der Waals surface area (Å²) in [5, 5.41) is 7.32. The second-order valence-corrected chi connectivity index (χ2v) is 5.92. The topological polar surface area (TPSA) is 50.5 Å². The fourth-order valence-corrected chi connectivity index (χ4v) is 2.69. The van der Waals surface area contributed by atoms with Crippen molar-refractivity contribution in [3.8, 4) is 0 Å². The molecule has 1 aromatic rings. The molecule has 19 heavy (non-hydrogen) atoms. The second kappa shape index (κ2) is 6.03. The minimum Gasteiger partial charge on any atom is -0.370 e. The van der Waals surface area contributed by atoms with E-state index in [-0.39, 0.29) is 11.7 Å². The van der Waals surface area contributed by atoms with Crippen LogP contribution in [-0.4, -0.2) is 41.4 Å². The van der Waals surface area contributed by atoms with Crippen molar-refractivity contribution in [3.63, 3.8) is 0 Å². The summed E-state index contributed by atoms with van der Waals surface area (Å²) >= 11 is 0. The third-order valence-corrected chi connectivity index (χ3v) is 3.18. The lowest BCUT2D eigenvalue weighted by molar-refractivity contribution is -0.131. The average molecular weight is 267 g/mol. The van der Waals surface area contributed by atoms with Crippen LogP contribution in [0, 0.1) is 0 Å². The first-order chi connectivity index (χ1) is 8.98. The lowest BCUT2D eigenvalue weighted by Gasteiger charge is -2.41. The molecule has 0 amide bonds. The first-order valence-electron chi connectivity index (χ1n) is 7.04. The highest BCUT2D eigenvalue weighted by atomic mass is 16.5. The standard InChI is InChI=1S/C14H25N3O2/c1-5-15-7-12-6-13(19-16-12)9-17-8-11(2)18-14(3,4)10-17/h6,11,15H,5,7-10H2,1-4H3. The molecule has 1 aliphatic heterocycles.